The van der Waals surface area contributed by atoms with Crippen LogP contribution in [0.4, 0.5) is 0 Å². The van der Waals surface area contributed by atoms with Crippen LogP contribution in [0.3, 0.4) is 0 Å². The number of amides is 1. The van der Waals surface area contributed by atoms with E-state index in [0.29, 0.717) is 6.42 Å². The Morgan fingerprint density at radius 3 is 2.07 bits per heavy atom. The van der Waals surface area contributed by atoms with Crippen molar-refractivity contribution in [2.75, 3.05) is 13.1 Å². The summed E-state index contributed by atoms with van der Waals surface area (Å²) in [5, 5.41) is 8.88. The molecule has 0 aromatic heterocycles. The summed E-state index contributed by atoms with van der Waals surface area (Å²) in [6, 6.07) is 0. The molecule has 0 spiro atoms. The van der Waals surface area contributed by atoms with Gasteiger partial charge in [-0.2, -0.15) is 0 Å². The number of nitrogens with zero attached hydrogens (tertiary/aromatic N) is 1. The molecule has 1 saturated carbocycles. The summed E-state index contributed by atoms with van der Waals surface area (Å²) in [6.45, 7) is 1.64. The van der Waals surface area contributed by atoms with Crippen LogP contribution in [0.2, 0.25) is 0 Å². The molecule has 1 amide bonds. The average Bonchev–Trinajstić information content (AvgIpc) is 2.16. The molecular weight excluding hydrogens is 194 g/mol. The maximum atomic E-state index is 12.0. The molecule has 0 aromatic rings. The van der Waals surface area contributed by atoms with Gasteiger partial charge in [-0.25, -0.2) is 0 Å². The molecule has 15 heavy (non-hydrogen) atoms. The van der Waals surface area contributed by atoms with E-state index in [9.17, 15) is 9.59 Å². The van der Waals surface area contributed by atoms with Gasteiger partial charge in [-0.3, -0.25) is 9.59 Å². The van der Waals surface area contributed by atoms with Crippen LogP contribution >= 0.6 is 0 Å². The van der Waals surface area contributed by atoms with E-state index in [1.165, 1.54) is 6.42 Å². The third kappa shape index (κ3) is 1.98. The van der Waals surface area contributed by atoms with Crippen LogP contribution in [-0.2, 0) is 9.59 Å². The number of aliphatic carboxylic acids is 1. The Morgan fingerprint density at radius 2 is 1.60 bits per heavy atom. The van der Waals surface area contributed by atoms with Crippen LogP contribution in [0.5, 0.6) is 0 Å². The van der Waals surface area contributed by atoms with Gasteiger partial charge in [0.05, 0.1) is 11.8 Å². The summed E-state index contributed by atoms with van der Waals surface area (Å²) in [4.78, 5) is 24.6. The molecule has 1 heterocycles. The fraction of sp³-hybridized carbons (Fsp3) is 0.818. The highest BCUT2D eigenvalue weighted by atomic mass is 16.4. The van der Waals surface area contributed by atoms with Crippen LogP contribution in [0.15, 0.2) is 0 Å². The van der Waals surface area contributed by atoms with Crippen molar-refractivity contribution in [1.29, 1.82) is 0 Å². The summed E-state index contributed by atoms with van der Waals surface area (Å²) in [6.07, 6.45) is 4.75. The molecule has 1 aliphatic heterocycles. The van der Waals surface area contributed by atoms with E-state index in [1.54, 1.807) is 0 Å². The van der Waals surface area contributed by atoms with Gasteiger partial charge in [-0.1, -0.05) is 0 Å². The van der Waals surface area contributed by atoms with Gasteiger partial charge in [-0.15, -0.1) is 0 Å². The van der Waals surface area contributed by atoms with Crippen molar-refractivity contribution >= 4 is 11.9 Å². The maximum absolute atomic E-state index is 12.0. The zero-order valence-electron chi connectivity index (χ0n) is 8.82. The van der Waals surface area contributed by atoms with E-state index >= 15 is 0 Å². The fourth-order valence-electron chi connectivity index (χ4n) is 2.44. The van der Waals surface area contributed by atoms with Gasteiger partial charge in [0.1, 0.15) is 0 Å². The number of likely N-dealkylation sites (tertiary alicyclic amines) is 1. The average molecular weight is 211 g/mol. The minimum absolute atomic E-state index is 0.0772. The summed E-state index contributed by atoms with van der Waals surface area (Å²) in [5.41, 5.74) is 0. The number of carboxylic acids is 1. The normalized spacial score (nSPS) is 30.8. The molecule has 4 nitrogen and oxygen atoms in total. The number of rotatable bonds is 2. The first kappa shape index (κ1) is 10.5. The number of carbonyl (C=O) groups is 2. The van der Waals surface area contributed by atoms with Crippen molar-refractivity contribution in [2.24, 2.45) is 11.8 Å². The van der Waals surface area contributed by atoms with E-state index in [4.69, 9.17) is 5.11 Å². The lowest BCUT2D eigenvalue weighted by Gasteiger charge is -2.37. The van der Waals surface area contributed by atoms with Gasteiger partial charge < -0.3 is 10.0 Å². The molecule has 0 bridgehead atoms. The number of carbonyl (C=O) groups excluding carboxylic acids is 1. The van der Waals surface area contributed by atoms with Crippen LogP contribution in [0.1, 0.15) is 32.1 Å². The Kier molecular flexibility index (Phi) is 2.93. The first-order chi connectivity index (χ1) is 7.20. The summed E-state index contributed by atoms with van der Waals surface area (Å²) in [5.74, 6) is -1.38. The molecule has 0 unspecified atom stereocenters. The molecule has 0 radical (unpaired) electrons. The van der Waals surface area contributed by atoms with E-state index in [2.05, 4.69) is 0 Å². The van der Waals surface area contributed by atoms with Crippen molar-refractivity contribution in [3.05, 3.63) is 0 Å². The van der Waals surface area contributed by atoms with Gasteiger partial charge in [0.25, 0.3) is 0 Å². The predicted molar refractivity (Wildman–Crippen MR) is 54.3 cm³/mol. The Morgan fingerprint density at radius 1 is 1.00 bits per heavy atom. The SMILES string of the molecule is O=C(O)[C@@H]1CC[C@@H]1C(=O)N1CCCCC1. The molecule has 4 heteroatoms. The Hall–Kier alpha value is -1.06. The first-order valence-corrected chi connectivity index (χ1v) is 5.72. The summed E-state index contributed by atoms with van der Waals surface area (Å²) >= 11 is 0. The topological polar surface area (TPSA) is 57.6 Å². The molecule has 1 saturated heterocycles. The van der Waals surface area contributed by atoms with Crippen LogP contribution in [-0.4, -0.2) is 35.0 Å². The van der Waals surface area contributed by atoms with E-state index in [1.807, 2.05) is 4.90 Å². The molecule has 1 N–H and O–H groups in total. The summed E-state index contributed by atoms with van der Waals surface area (Å²) in [7, 11) is 0. The molecule has 2 fully saturated rings. The van der Waals surface area contributed by atoms with Crippen molar-refractivity contribution in [3.8, 4) is 0 Å². The molecular formula is C11H17NO3. The van der Waals surface area contributed by atoms with Gasteiger partial charge in [-0.05, 0) is 32.1 Å². The monoisotopic (exact) mass is 211 g/mol. The Balaban J connectivity index is 1.92. The molecule has 2 aliphatic rings. The number of hydrogen-bond acceptors (Lipinski definition) is 2. The fourth-order valence-corrected chi connectivity index (χ4v) is 2.44. The third-order valence-corrected chi connectivity index (χ3v) is 3.58. The maximum Gasteiger partial charge on any atom is 0.307 e. The lowest BCUT2D eigenvalue weighted by Crippen LogP contribution is -2.47. The third-order valence-electron chi connectivity index (χ3n) is 3.58. The minimum Gasteiger partial charge on any atom is -0.481 e. The standard InChI is InChI=1S/C11H17NO3/c13-10(12-6-2-1-3-7-12)8-4-5-9(8)11(14)15/h8-9H,1-7H2,(H,14,15)/t8-,9+/m0/s1. The van der Waals surface area contributed by atoms with Gasteiger partial charge >= 0.3 is 5.97 Å². The van der Waals surface area contributed by atoms with Gasteiger partial charge in [0.2, 0.25) is 5.91 Å². The molecule has 0 aromatic carbocycles. The van der Waals surface area contributed by atoms with Crippen LogP contribution < -0.4 is 0 Å². The highest BCUT2D eigenvalue weighted by Crippen LogP contribution is 2.36. The molecule has 1 aliphatic carbocycles. The highest BCUT2D eigenvalue weighted by molar-refractivity contribution is 5.86. The quantitative estimate of drug-likeness (QED) is 0.744. The smallest absolute Gasteiger partial charge is 0.307 e. The largest absolute Gasteiger partial charge is 0.481 e. The second-order valence-corrected chi connectivity index (χ2v) is 4.51. The lowest BCUT2D eigenvalue weighted by molar-refractivity contribution is -0.157. The minimum atomic E-state index is -0.809. The van der Waals surface area contributed by atoms with Crippen LogP contribution in [0.25, 0.3) is 0 Å². The molecule has 84 valence electrons. The van der Waals surface area contributed by atoms with Gasteiger partial charge in [0.15, 0.2) is 0 Å². The summed E-state index contributed by atoms with van der Waals surface area (Å²) < 4.78 is 0. The van der Waals surface area contributed by atoms with Crippen LogP contribution in [0, 0.1) is 11.8 Å². The van der Waals surface area contributed by atoms with E-state index in [-0.39, 0.29) is 11.8 Å². The van der Waals surface area contributed by atoms with E-state index < -0.39 is 11.9 Å². The van der Waals surface area contributed by atoms with E-state index in [0.717, 1.165) is 32.4 Å². The molecule has 2 rings (SSSR count). The zero-order chi connectivity index (χ0) is 10.8. The first-order valence-electron chi connectivity index (χ1n) is 5.72. The number of hydrogen-bond donors (Lipinski definition) is 1. The van der Waals surface area contributed by atoms with Crippen molar-refractivity contribution < 1.29 is 14.7 Å². The number of piperidine rings is 1. The second-order valence-electron chi connectivity index (χ2n) is 4.51. The zero-order valence-corrected chi connectivity index (χ0v) is 8.82. The predicted octanol–water partition coefficient (Wildman–Crippen LogP) is 1.11. The second kappa shape index (κ2) is 4.21. The lowest BCUT2D eigenvalue weighted by atomic mass is 9.72. The van der Waals surface area contributed by atoms with Gasteiger partial charge in [0, 0.05) is 13.1 Å². The highest BCUT2D eigenvalue weighted by Gasteiger charge is 2.43. The Labute approximate surface area is 89.3 Å². The molecule has 2 atom stereocenters. The van der Waals surface area contributed by atoms with Crippen molar-refractivity contribution in [1.82, 2.24) is 4.90 Å². The van der Waals surface area contributed by atoms with Crippen molar-refractivity contribution in [3.63, 3.8) is 0 Å². The number of carboxylic acid groups (broad SMARTS) is 1. The Bertz CT molecular complexity index is 271. The van der Waals surface area contributed by atoms with Crippen molar-refractivity contribution in [2.45, 2.75) is 32.1 Å².